The second-order valence-corrected chi connectivity index (χ2v) is 3.23. The fourth-order valence-corrected chi connectivity index (χ4v) is 1.53. The van der Waals surface area contributed by atoms with Gasteiger partial charge in [-0.2, -0.15) is 0 Å². The van der Waals surface area contributed by atoms with Crippen LogP contribution in [0.5, 0.6) is 0 Å². The van der Waals surface area contributed by atoms with E-state index >= 15 is 0 Å². The first-order valence-corrected chi connectivity index (χ1v) is 4.23. The first kappa shape index (κ1) is 7.86. The summed E-state index contributed by atoms with van der Waals surface area (Å²) in [5.74, 6) is 0.970. The number of allylic oxidation sites excluding steroid dienone is 3. The van der Waals surface area contributed by atoms with Gasteiger partial charge in [0.15, 0.2) is 0 Å². The molecule has 0 aromatic heterocycles. The smallest absolute Gasteiger partial charge is 0.128 e. The molecule has 0 spiro atoms. The third-order valence-corrected chi connectivity index (χ3v) is 2.31. The van der Waals surface area contributed by atoms with Gasteiger partial charge >= 0.3 is 0 Å². The van der Waals surface area contributed by atoms with Gasteiger partial charge in [0, 0.05) is 4.48 Å². The third kappa shape index (κ3) is 1.87. The molecule has 0 aromatic carbocycles. The molecule has 2 heteroatoms. The first-order valence-electron chi connectivity index (χ1n) is 3.44. The summed E-state index contributed by atoms with van der Waals surface area (Å²) in [4.78, 5) is 0. The van der Waals surface area contributed by atoms with Crippen molar-refractivity contribution in [3.63, 3.8) is 0 Å². The fourth-order valence-electron chi connectivity index (χ4n) is 0.958. The Labute approximate surface area is 69.9 Å². The molecule has 0 aromatic rings. The van der Waals surface area contributed by atoms with Crippen molar-refractivity contribution in [1.82, 2.24) is 0 Å². The Balaban J connectivity index is 2.73. The lowest BCUT2D eigenvalue weighted by molar-refractivity contribution is 0.304. The molecular formula is C8H11BrO. The van der Waals surface area contributed by atoms with Crippen molar-refractivity contribution in [2.75, 3.05) is 7.11 Å². The highest BCUT2D eigenvalue weighted by atomic mass is 79.9. The fraction of sp³-hybridized carbons (Fsp3) is 0.500. The average Bonchev–Trinajstić information content (AvgIpc) is 2.13. The van der Waals surface area contributed by atoms with E-state index in [9.17, 15) is 0 Å². The quantitative estimate of drug-likeness (QED) is 0.636. The molecule has 0 heterocycles. The zero-order valence-corrected chi connectivity index (χ0v) is 7.65. The lowest BCUT2D eigenvalue weighted by atomic mass is 10.2. The first-order chi connectivity index (χ1) is 4.84. The molecule has 0 saturated heterocycles. The van der Waals surface area contributed by atoms with E-state index in [1.54, 1.807) is 7.11 Å². The van der Waals surface area contributed by atoms with E-state index in [0.717, 1.165) is 18.6 Å². The van der Waals surface area contributed by atoms with E-state index in [-0.39, 0.29) is 0 Å². The molecule has 1 nitrogen and oxygen atoms in total. The van der Waals surface area contributed by atoms with Crippen LogP contribution in [0.1, 0.15) is 19.3 Å². The summed E-state index contributed by atoms with van der Waals surface area (Å²) in [5.41, 5.74) is 0. The van der Waals surface area contributed by atoms with Crippen LogP contribution < -0.4 is 0 Å². The molecule has 0 aliphatic heterocycles. The van der Waals surface area contributed by atoms with E-state index in [0.29, 0.717) is 0 Å². The Morgan fingerprint density at radius 2 is 2.40 bits per heavy atom. The monoisotopic (exact) mass is 202 g/mol. The molecule has 0 amide bonds. The zero-order chi connectivity index (χ0) is 7.40. The summed E-state index contributed by atoms with van der Waals surface area (Å²) >= 11 is 3.47. The third-order valence-electron chi connectivity index (χ3n) is 1.52. The lowest BCUT2D eigenvalue weighted by Gasteiger charge is -2.01. The van der Waals surface area contributed by atoms with Crippen LogP contribution in [0.25, 0.3) is 0 Å². The van der Waals surface area contributed by atoms with Gasteiger partial charge in [0.25, 0.3) is 0 Å². The molecule has 1 aliphatic rings. The van der Waals surface area contributed by atoms with Gasteiger partial charge in [0.1, 0.15) is 5.76 Å². The van der Waals surface area contributed by atoms with Crippen molar-refractivity contribution in [3.8, 4) is 0 Å². The highest BCUT2D eigenvalue weighted by Gasteiger charge is 2.03. The van der Waals surface area contributed by atoms with E-state index < -0.39 is 0 Å². The number of hydrogen-bond donors (Lipinski definition) is 0. The molecule has 1 aliphatic carbocycles. The number of ether oxygens (including phenoxy) is 1. The molecule has 56 valence electrons. The Hall–Kier alpha value is -0.240. The Morgan fingerprint density at radius 1 is 1.60 bits per heavy atom. The van der Waals surface area contributed by atoms with E-state index in [1.165, 1.54) is 10.9 Å². The molecule has 0 unspecified atom stereocenters. The molecule has 10 heavy (non-hydrogen) atoms. The normalized spacial score (nSPS) is 19.0. The highest BCUT2D eigenvalue weighted by Crippen LogP contribution is 2.23. The number of rotatable bonds is 1. The predicted octanol–water partition coefficient (Wildman–Crippen LogP) is 2.98. The highest BCUT2D eigenvalue weighted by molar-refractivity contribution is 9.11. The maximum atomic E-state index is 5.13. The van der Waals surface area contributed by atoms with Gasteiger partial charge in [0.05, 0.1) is 7.11 Å². The maximum Gasteiger partial charge on any atom is 0.128 e. The molecular weight excluding hydrogens is 192 g/mol. The number of hydrogen-bond acceptors (Lipinski definition) is 1. The average molecular weight is 203 g/mol. The van der Waals surface area contributed by atoms with Crippen LogP contribution in [0, 0.1) is 0 Å². The molecule has 1 rings (SSSR count). The van der Waals surface area contributed by atoms with Gasteiger partial charge in [-0.05, 0) is 25.3 Å². The number of methoxy groups -OCH3 is 1. The molecule has 0 fully saturated rings. The molecule has 0 radical (unpaired) electrons. The molecule has 0 atom stereocenters. The zero-order valence-electron chi connectivity index (χ0n) is 6.06. The topological polar surface area (TPSA) is 9.23 Å². The largest absolute Gasteiger partial charge is 0.496 e. The second kappa shape index (κ2) is 3.81. The summed E-state index contributed by atoms with van der Waals surface area (Å²) < 4.78 is 6.31. The Kier molecular flexibility index (Phi) is 3.00. The Bertz CT molecular complexity index is 170. The van der Waals surface area contributed by atoms with Crippen LogP contribution in [-0.2, 0) is 4.74 Å². The standard InChI is InChI=1S/C8H11BrO/c1-10-8-6-4-2-3-5-7(8)9/h4,6H,2-3,5H2,1H3. The summed E-state index contributed by atoms with van der Waals surface area (Å²) in [6.45, 7) is 0. The van der Waals surface area contributed by atoms with Crippen molar-refractivity contribution in [3.05, 3.63) is 22.4 Å². The van der Waals surface area contributed by atoms with Crippen LogP contribution in [0.2, 0.25) is 0 Å². The summed E-state index contributed by atoms with van der Waals surface area (Å²) in [6, 6.07) is 0. The maximum absolute atomic E-state index is 5.13. The summed E-state index contributed by atoms with van der Waals surface area (Å²) in [5, 5.41) is 0. The van der Waals surface area contributed by atoms with Crippen molar-refractivity contribution in [2.45, 2.75) is 19.3 Å². The van der Waals surface area contributed by atoms with E-state index in [2.05, 4.69) is 22.0 Å². The van der Waals surface area contributed by atoms with Gasteiger partial charge in [0.2, 0.25) is 0 Å². The van der Waals surface area contributed by atoms with Gasteiger partial charge in [-0.1, -0.05) is 22.0 Å². The minimum atomic E-state index is 0.970. The van der Waals surface area contributed by atoms with Crippen molar-refractivity contribution in [2.24, 2.45) is 0 Å². The van der Waals surface area contributed by atoms with E-state index in [1.807, 2.05) is 6.08 Å². The van der Waals surface area contributed by atoms with Crippen molar-refractivity contribution in [1.29, 1.82) is 0 Å². The van der Waals surface area contributed by atoms with Crippen LogP contribution in [0.4, 0.5) is 0 Å². The van der Waals surface area contributed by atoms with Crippen LogP contribution in [0.3, 0.4) is 0 Å². The van der Waals surface area contributed by atoms with Crippen molar-refractivity contribution < 1.29 is 4.74 Å². The van der Waals surface area contributed by atoms with Gasteiger partial charge in [-0.15, -0.1) is 0 Å². The molecule has 0 bridgehead atoms. The minimum absolute atomic E-state index is 0.970. The number of halogens is 1. The van der Waals surface area contributed by atoms with Crippen molar-refractivity contribution >= 4 is 15.9 Å². The molecule has 0 N–H and O–H groups in total. The predicted molar refractivity (Wildman–Crippen MR) is 46.0 cm³/mol. The van der Waals surface area contributed by atoms with Gasteiger partial charge in [-0.3, -0.25) is 0 Å². The minimum Gasteiger partial charge on any atom is -0.496 e. The van der Waals surface area contributed by atoms with Gasteiger partial charge < -0.3 is 4.74 Å². The summed E-state index contributed by atoms with van der Waals surface area (Å²) in [6.07, 6.45) is 7.63. The SMILES string of the molecule is COC1=C(Br)CCCC=C1. The molecule has 0 saturated carbocycles. The summed E-state index contributed by atoms with van der Waals surface area (Å²) in [7, 11) is 1.70. The second-order valence-electron chi connectivity index (χ2n) is 2.27. The Morgan fingerprint density at radius 3 is 3.10 bits per heavy atom. The van der Waals surface area contributed by atoms with Crippen LogP contribution in [-0.4, -0.2) is 7.11 Å². The van der Waals surface area contributed by atoms with Crippen LogP contribution >= 0.6 is 15.9 Å². The van der Waals surface area contributed by atoms with Crippen LogP contribution in [0.15, 0.2) is 22.4 Å². The lowest BCUT2D eigenvalue weighted by Crippen LogP contribution is -1.83. The van der Waals surface area contributed by atoms with E-state index in [4.69, 9.17) is 4.74 Å². The van der Waals surface area contributed by atoms with Gasteiger partial charge in [-0.25, -0.2) is 0 Å².